The Morgan fingerprint density at radius 2 is 2.05 bits per heavy atom. The van der Waals surface area contributed by atoms with Crippen molar-refractivity contribution < 1.29 is 4.92 Å². The van der Waals surface area contributed by atoms with Gasteiger partial charge in [-0.15, -0.1) is 11.8 Å². The molecule has 0 amide bonds. The Morgan fingerprint density at radius 1 is 1.30 bits per heavy atom. The van der Waals surface area contributed by atoms with Crippen molar-refractivity contribution in [1.29, 1.82) is 0 Å². The van der Waals surface area contributed by atoms with E-state index >= 15 is 0 Å². The molecule has 0 atom stereocenters. The van der Waals surface area contributed by atoms with Gasteiger partial charge in [-0.05, 0) is 36.8 Å². The highest BCUT2D eigenvalue weighted by Gasteiger charge is 2.14. The quantitative estimate of drug-likeness (QED) is 0.392. The van der Waals surface area contributed by atoms with Gasteiger partial charge in [0.05, 0.1) is 4.92 Å². The summed E-state index contributed by atoms with van der Waals surface area (Å²) in [5.74, 6) is 0.449. The molecule has 6 heteroatoms. The molecule has 0 aliphatic carbocycles. The fraction of sp³-hybridized carbons (Fsp3) is 0.143. The van der Waals surface area contributed by atoms with Crippen molar-refractivity contribution in [2.75, 3.05) is 5.73 Å². The van der Waals surface area contributed by atoms with Crippen LogP contribution in [-0.2, 0) is 5.75 Å². The highest BCUT2D eigenvalue weighted by molar-refractivity contribution is 7.98. The van der Waals surface area contributed by atoms with Crippen LogP contribution in [0.5, 0.6) is 0 Å². The molecular formula is C14H13ClN2O2S. The van der Waals surface area contributed by atoms with E-state index in [1.165, 1.54) is 23.9 Å². The van der Waals surface area contributed by atoms with Crippen LogP contribution in [0.2, 0.25) is 5.02 Å². The summed E-state index contributed by atoms with van der Waals surface area (Å²) in [6, 6.07) is 10.3. The number of thioether (sulfide) groups is 1. The van der Waals surface area contributed by atoms with E-state index in [1.807, 2.05) is 25.1 Å². The van der Waals surface area contributed by atoms with Crippen molar-refractivity contribution in [2.24, 2.45) is 0 Å². The molecule has 0 bridgehead atoms. The number of nitrogens with two attached hydrogens (primary N) is 1. The Bertz CT molecular complexity index is 662. The van der Waals surface area contributed by atoms with Crippen LogP contribution in [0.4, 0.5) is 11.4 Å². The maximum atomic E-state index is 11.0. The van der Waals surface area contributed by atoms with E-state index in [0.717, 1.165) is 10.5 Å². The summed E-state index contributed by atoms with van der Waals surface area (Å²) < 4.78 is 0. The predicted octanol–water partition coefficient (Wildman–Crippen LogP) is 4.43. The van der Waals surface area contributed by atoms with Gasteiger partial charge in [0.25, 0.3) is 5.69 Å². The van der Waals surface area contributed by atoms with Gasteiger partial charge in [0.1, 0.15) is 0 Å². The van der Waals surface area contributed by atoms with Gasteiger partial charge >= 0.3 is 0 Å². The molecule has 0 saturated carbocycles. The summed E-state index contributed by atoms with van der Waals surface area (Å²) in [4.78, 5) is 11.5. The molecule has 2 aromatic rings. The molecule has 0 unspecified atom stereocenters. The van der Waals surface area contributed by atoms with E-state index in [-0.39, 0.29) is 5.69 Å². The van der Waals surface area contributed by atoms with Crippen molar-refractivity contribution >= 4 is 34.7 Å². The molecule has 20 heavy (non-hydrogen) atoms. The van der Waals surface area contributed by atoms with E-state index < -0.39 is 4.92 Å². The number of anilines is 1. The van der Waals surface area contributed by atoms with Gasteiger partial charge in [-0.25, -0.2) is 0 Å². The Balaban J connectivity index is 2.22. The lowest BCUT2D eigenvalue weighted by Crippen LogP contribution is -1.95. The predicted molar refractivity (Wildman–Crippen MR) is 83.3 cm³/mol. The number of nitrogens with zero attached hydrogens (tertiary/aromatic N) is 1. The van der Waals surface area contributed by atoms with Crippen LogP contribution in [-0.4, -0.2) is 4.92 Å². The standard InChI is InChI=1S/C14H13ClN2O2S/c1-9-2-5-14(12(16)6-9)20-8-10-7-11(15)3-4-13(10)17(18)19/h2-7H,8,16H2,1H3. The average molecular weight is 309 g/mol. The molecule has 2 rings (SSSR count). The lowest BCUT2D eigenvalue weighted by Gasteiger charge is -2.07. The molecule has 0 saturated heterocycles. The average Bonchev–Trinajstić information content (AvgIpc) is 2.37. The van der Waals surface area contributed by atoms with E-state index in [4.69, 9.17) is 17.3 Å². The monoisotopic (exact) mass is 308 g/mol. The molecule has 0 spiro atoms. The van der Waals surface area contributed by atoms with Crippen molar-refractivity contribution in [3.05, 3.63) is 62.7 Å². The molecule has 0 heterocycles. The summed E-state index contributed by atoms with van der Waals surface area (Å²) in [6.07, 6.45) is 0. The van der Waals surface area contributed by atoms with Gasteiger partial charge in [0.15, 0.2) is 0 Å². The molecule has 0 aliphatic heterocycles. The van der Waals surface area contributed by atoms with Crippen LogP contribution in [0.1, 0.15) is 11.1 Å². The van der Waals surface area contributed by atoms with Gasteiger partial charge in [-0.3, -0.25) is 10.1 Å². The second-order valence-electron chi connectivity index (χ2n) is 4.36. The molecule has 2 N–H and O–H groups in total. The van der Waals surface area contributed by atoms with Crippen LogP contribution in [0.3, 0.4) is 0 Å². The second-order valence-corrected chi connectivity index (χ2v) is 5.81. The number of hydrogen-bond donors (Lipinski definition) is 1. The highest BCUT2D eigenvalue weighted by Crippen LogP contribution is 2.32. The van der Waals surface area contributed by atoms with Crippen LogP contribution < -0.4 is 5.73 Å². The fourth-order valence-electron chi connectivity index (χ4n) is 1.80. The van der Waals surface area contributed by atoms with E-state index in [2.05, 4.69) is 0 Å². The van der Waals surface area contributed by atoms with Crippen molar-refractivity contribution in [3.63, 3.8) is 0 Å². The van der Waals surface area contributed by atoms with Crippen LogP contribution in [0.25, 0.3) is 0 Å². The van der Waals surface area contributed by atoms with Crippen LogP contribution >= 0.6 is 23.4 Å². The Kier molecular flexibility index (Phi) is 4.52. The first-order valence-electron chi connectivity index (χ1n) is 5.89. The number of nitrogen functional groups attached to an aromatic ring is 1. The van der Waals surface area contributed by atoms with Gasteiger partial charge in [-0.2, -0.15) is 0 Å². The lowest BCUT2D eigenvalue weighted by molar-refractivity contribution is -0.385. The number of rotatable bonds is 4. The van der Waals surface area contributed by atoms with Crippen molar-refractivity contribution in [1.82, 2.24) is 0 Å². The zero-order chi connectivity index (χ0) is 14.7. The van der Waals surface area contributed by atoms with E-state index in [9.17, 15) is 10.1 Å². The molecule has 2 aromatic carbocycles. The zero-order valence-corrected chi connectivity index (χ0v) is 12.4. The number of halogens is 1. The summed E-state index contributed by atoms with van der Waals surface area (Å²) in [5, 5.41) is 11.5. The third-order valence-electron chi connectivity index (χ3n) is 2.79. The van der Waals surface area contributed by atoms with Crippen LogP contribution in [0.15, 0.2) is 41.3 Å². The van der Waals surface area contributed by atoms with Gasteiger partial charge < -0.3 is 5.73 Å². The number of nitro benzene ring substituents is 1. The summed E-state index contributed by atoms with van der Waals surface area (Å²) >= 11 is 7.36. The number of hydrogen-bond acceptors (Lipinski definition) is 4. The largest absolute Gasteiger partial charge is 0.398 e. The molecule has 0 aromatic heterocycles. The normalized spacial score (nSPS) is 10.5. The molecule has 104 valence electrons. The van der Waals surface area contributed by atoms with Crippen LogP contribution in [0, 0.1) is 17.0 Å². The van der Waals surface area contributed by atoms with Gasteiger partial charge in [0.2, 0.25) is 0 Å². The highest BCUT2D eigenvalue weighted by atomic mass is 35.5. The van der Waals surface area contributed by atoms with E-state index in [1.54, 1.807) is 6.07 Å². The summed E-state index contributed by atoms with van der Waals surface area (Å²) in [5.41, 5.74) is 8.36. The second kappa shape index (κ2) is 6.15. The molecule has 0 aliphatic rings. The maximum absolute atomic E-state index is 11.0. The topological polar surface area (TPSA) is 69.2 Å². The first-order chi connectivity index (χ1) is 9.47. The minimum absolute atomic E-state index is 0.0765. The Hall–Kier alpha value is -1.72. The van der Waals surface area contributed by atoms with Crippen molar-refractivity contribution in [2.45, 2.75) is 17.6 Å². The third-order valence-corrected chi connectivity index (χ3v) is 4.16. The molecule has 4 nitrogen and oxygen atoms in total. The minimum Gasteiger partial charge on any atom is -0.398 e. The Labute approximate surface area is 126 Å². The molecule has 0 fully saturated rings. The molecule has 0 radical (unpaired) electrons. The summed E-state index contributed by atoms with van der Waals surface area (Å²) in [6.45, 7) is 1.96. The zero-order valence-electron chi connectivity index (χ0n) is 10.8. The number of benzene rings is 2. The maximum Gasteiger partial charge on any atom is 0.273 e. The minimum atomic E-state index is -0.398. The van der Waals surface area contributed by atoms with Gasteiger partial charge in [-0.1, -0.05) is 17.7 Å². The lowest BCUT2D eigenvalue weighted by atomic mass is 10.2. The van der Waals surface area contributed by atoms with Gasteiger partial charge in [0, 0.05) is 33.0 Å². The third kappa shape index (κ3) is 3.43. The first kappa shape index (κ1) is 14.7. The molecular weight excluding hydrogens is 296 g/mol. The SMILES string of the molecule is Cc1ccc(SCc2cc(Cl)ccc2[N+](=O)[O-])c(N)c1. The number of aryl methyl sites for hydroxylation is 1. The smallest absolute Gasteiger partial charge is 0.273 e. The summed E-state index contributed by atoms with van der Waals surface area (Å²) in [7, 11) is 0. The number of nitro groups is 1. The first-order valence-corrected chi connectivity index (χ1v) is 7.25. The fourth-order valence-corrected chi connectivity index (χ4v) is 2.93. The Morgan fingerprint density at radius 3 is 2.70 bits per heavy atom. The van der Waals surface area contributed by atoms with Crippen molar-refractivity contribution in [3.8, 4) is 0 Å². The van der Waals surface area contributed by atoms with E-state index in [0.29, 0.717) is 22.0 Å².